The molecule has 1 unspecified atom stereocenters. The van der Waals surface area contributed by atoms with Gasteiger partial charge in [-0.3, -0.25) is 9.59 Å². The minimum Gasteiger partial charge on any atom is -0.382 e. The number of piperidine rings is 1. The number of benzene rings is 2. The first kappa shape index (κ1) is 24.6. The van der Waals surface area contributed by atoms with Crippen LogP contribution < -0.4 is 21.7 Å². The number of anilines is 1. The van der Waals surface area contributed by atoms with Gasteiger partial charge in [0.15, 0.2) is 11.5 Å². The van der Waals surface area contributed by atoms with Crippen LogP contribution in [0.5, 0.6) is 0 Å². The Morgan fingerprint density at radius 3 is 2.86 bits per heavy atom. The van der Waals surface area contributed by atoms with Crippen LogP contribution in [0.25, 0.3) is 11.3 Å². The minimum absolute atomic E-state index is 0.000118. The molecular weight excluding hydrogens is 471 g/mol. The lowest BCUT2D eigenvalue weighted by molar-refractivity contribution is 0.0923. The van der Waals surface area contributed by atoms with Gasteiger partial charge in [-0.15, -0.1) is 0 Å². The lowest BCUT2D eigenvalue weighted by Gasteiger charge is -2.23. The summed E-state index contributed by atoms with van der Waals surface area (Å²) in [5, 5.41) is 9.12. The fourth-order valence-electron chi connectivity index (χ4n) is 3.90. The fraction of sp³-hybridized carbons (Fsp3) is 0.280. The number of hydrogen-bond acceptors (Lipinski definition) is 6. The van der Waals surface area contributed by atoms with Gasteiger partial charge in [-0.25, -0.2) is 14.4 Å². The molecule has 5 N–H and O–H groups in total. The first-order valence-electron chi connectivity index (χ1n) is 11.3. The number of aryl methyl sites for hydroxylation is 1. The third-order valence-corrected chi connectivity index (χ3v) is 6.23. The van der Waals surface area contributed by atoms with Gasteiger partial charge >= 0.3 is 0 Å². The van der Waals surface area contributed by atoms with E-state index in [1.807, 2.05) is 0 Å². The Morgan fingerprint density at radius 1 is 1.26 bits per heavy atom. The highest BCUT2D eigenvalue weighted by Gasteiger charge is 2.20. The van der Waals surface area contributed by atoms with Crippen molar-refractivity contribution in [2.45, 2.75) is 32.4 Å². The van der Waals surface area contributed by atoms with E-state index in [4.69, 9.17) is 17.3 Å². The predicted molar refractivity (Wildman–Crippen MR) is 133 cm³/mol. The number of halogens is 2. The SMILES string of the molecule is Cc1ccc(Cl)c(CNC(=O)c2cccc(-c3cnc(N)c(C(=O)NC4CCCNC4)n3)c2)c1F. The minimum atomic E-state index is -0.446. The maximum atomic E-state index is 14.4. The lowest BCUT2D eigenvalue weighted by Crippen LogP contribution is -2.46. The second-order valence-corrected chi connectivity index (χ2v) is 8.83. The monoisotopic (exact) mass is 496 g/mol. The van der Waals surface area contributed by atoms with Crippen LogP contribution in [0.3, 0.4) is 0 Å². The van der Waals surface area contributed by atoms with Crippen molar-refractivity contribution in [2.75, 3.05) is 18.8 Å². The van der Waals surface area contributed by atoms with Crippen LogP contribution in [0.4, 0.5) is 10.2 Å². The molecule has 3 aromatic rings. The summed E-state index contributed by atoms with van der Waals surface area (Å²) in [7, 11) is 0. The molecule has 0 bridgehead atoms. The smallest absolute Gasteiger partial charge is 0.274 e. The third-order valence-electron chi connectivity index (χ3n) is 5.87. The van der Waals surface area contributed by atoms with Crippen LogP contribution in [0.1, 0.15) is 44.8 Å². The van der Waals surface area contributed by atoms with Crippen molar-refractivity contribution in [3.63, 3.8) is 0 Å². The van der Waals surface area contributed by atoms with Gasteiger partial charge in [0, 0.05) is 40.8 Å². The van der Waals surface area contributed by atoms with E-state index in [1.165, 1.54) is 6.20 Å². The number of rotatable bonds is 6. The number of nitrogens with zero attached hydrogens (tertiary/aromatic N) is 2. The number of amides is 2. The van der Waals surface area contributed by atoms with Gasteiger partial charge in [-0.05, 0) is 50.1 Å². The molecular formula is C25H26ClFN6O2. The number of aromatic nitrogens is 2. The molecule has 0 aliphatic carbocycles. The summed E-state index contributed by atoms with van der Waals surface area (Å²) in [5.74, 6) is -1.22. The molecule has 2 heterocycles. The molecule has 2 amide bonds. The van der Waals surface area contributed by atoms with Gasteiger partial charge in [0.1, 0.15) is 5.82 Å². The summed E-state index contributed by atoms with van der Waals surface area (Å²) in [6.07, 6.45) is 3.30. The average Bonchev–Trinajstić information content (AvgIpc) is 2.87. The zero-order valence-electron chi connectivity index (χ0n) is 19.2. The van der Waals surface area contributed by atoms with E-state index in [0.717, 1.165) is 19.4 Å². The molecule has 2 aromatic carbocycles. The van der Waals surface area contributed by atoms with E-state index >= 15 is 0 Å². The summed E-state index contributed by atoms with van der Waals surface area (Å²) in [4.78, 5) is 34.1. The van der Waals surface area contributed by atoms with Crippen molar-refractivity contribution >= 4 is 29.2 Å². The molecule has 1 atom stereocenters. The Kier molecular flexibility index (Phi) is 7.57. The van der Waals surface area contributed by atoms with E-state index < -0.39 is 17.6 Å². The Bertz CT molecular complexity index is 1260. The zero-order valence-corrected chi connectivity index (χ0v) is 20.0. The van der Waals surface area contributed by atoms with Crippen LogP contribution in [-0.4, -0.2) is 40.9 Å². The second kappa shape index (κ2) is 10.8. The molecule has 35 heavy (non-hydrogen) atoms. The van der Waals surface area contributed by atoms with Crippen LogP contribution in [0.2, 0.25) is 5.02 Å². The molecule has 0 spiro atoms. The van der Waals surface area contributed by atoms with E-state index in [0.29, 0.717) is 28.9 Å². The number of carbonyl (C=O) groups excluding carboxylic acids is 2. The maximum absolute atomic E-state index is 14.4. The van der Waals surface area contributed by atoms with Gasteiger partial charge < -0.3 is 21.7 Å². The quantitative estimate of drug-likeness (QED) is 0.415. The first-order chi connectivity index (χ1) is 16.8. The third kappa shape index (κ3) is 5.75. The van der Waals surface area contributed by atoms with Crippen LogP contribution in [0, 0.1) is 12.7 Å². The second-order valence-electron chi connectivity index (χ2n) is 8.43. The van der Waals surface area contributed by atoms with Crippen LogP contribution >= 0.6 is 11.6 Å². The molecule has 1 aliphatic heterocycles. The summed E-state index contributed by atoms with van der Waals surface area (Å²) >= 11 is 6.10. The van der Waals surface area contributed by atoms with Crippen molar-refractivity contribution in [1.82, 2.24) is 25.9 Å². The van der Waals surface area contributed by atoms with Crippen LogP contribution in [-0.2, 0) is 6.54 Å². The largest absolute Gasteiger partial charge is 0.382 e. The molecule has 1 fully saturated rings. The Balaban J connectivity index is 1.50. The Labute approximate surface area is 207 Å². The molecule has 0 saturated carbocycles. The highest BCUT2D eigenvalue weighted by molar-refractivity contribution is 6.31. The summed E-state index contributed by atoms with van der Waals surface area (Å²) < 4.78 is 14.4. The number of nitrogens with two attached hydrogens (primary N) is 1. The van der Waals surface area contributed by atoms with Crippen LogP contribution in [0.15, 0.2) is 42.6 Å². The molecule has 182 valence electrons. The zero-order chi connectivity index (χ0) is 24.9. The normalized spacial score (nSPS) is 15.5. The topological polar surface area (TPSA) is 122 Å². The Hall–Kier alpha value is -3.56. The highest BCUT2D eigenvalue weighted by Crippen LogP contribution is 2.23. The van der Waals surface area contributed by atoms with Gasteiger partial charge in [-0.1, -0.05) is 29.8 Å². The van der Waals surface area contributed by atoms with Crippen molar-refractivity contribution in [1.29, 1.82) is 0 Å². The lowest BCUT2D eigenvalue weighted by atomic mass is 10.1. The molecule has 0 radical (unpaired) electrons. The van der Waals surface area contributed by atoms with E-state index in [2.05, 4.69) is 25.9 Å². The summed E-state index contributed by atoms with van der Waals surface area (Å²) in [6.45, 7) is 3.19. The molecule has 1 aliphatic rings. The summed E-state index contributed by atoms with van der Waals surface area (Å²) in [5.41, 5.74) is 7.95. The number of hydrogen-bond donors (Lipinski definition) is 4. The fourth-order valence-corrected chi connectivity index (χ4v) is 4.11. The highest BCUT2D eigenvalue weighted by atomic mass is 35.5. The number of nitrogen functional groups attached to an aromatic ring is 1. The van der Waals surface area contributed by atoms with E-state index in [-0.39, 0.29) is 34.7 Å². The predicted octanol–water partition coefficient (Wildman–Crippen LogP) is 3.24. The maximum Gasteiger partial charge on any atom is 0.274 e. The van der Waals surface area contributed by atoms with Crippen molar-refractivity contribution in [2.24, 2.45) is 0 Å². The van der Waals surface area contributed by atoms with Gasteiger partial charge in [-0.2, -0.15) is 0 Å². The first-order valence-corrected chi connectivity index (χ1v) is 11.7. The van der Waals surface area contributed by atoms with Gasteiger partial charge in [0.2, 0.25) is 0 Å². The number of carbonyl (C=O) groups is 2. The van der Waals surface area contributed by atoms with Crippen molar-refractivity contribution < 1.29 is 14.0 Å². The summed E-state index contributed by atoms with van der Waals surface area (Å²) in [6, 6.07) is 9.87. The van der Waals surface area contributed by atoms with Crippen molar-refractivity contribution in [3.05, 3.63) is 75.8 Å². The number of nitrogens with one attached hydrogen (secondary N) is 3. The molecule has 1 aromatic heterocycles. The molecule has 10 heteroatoms. The van der Waals surface area contributed by atoms with Crippen molar-refractivity contribution in [3.8, 4) is 11.3 Å². The molecule has 1 saturated heterocycles. The van der Waals surface area contributed by atoms with E-state index in [1.54, 1.807) is 43.3 Å². The molecule has 4 rings (SSSR count). The standard InChI is InChI=1S/C25H26ClFN6O2/c1-14-7-8-19(26)18(21(14)27)12-31-24(34)16-5-2-4-15(10-16)20-13-30-23(28)22(33-20)25(35)32-17-6-3-9-29-11-17/h2,4-5,7-8,10,13,17,29H,3,6,9,11-12H2,1H3,(H2,28,30)(H,31,34)(H,32,35). The average molecular weight is 497 g/mol. The molecule has 8 nitrogen and oxygen atoms in total. The Morgan fingerprint density at radius 2 is 2.09 bits per heavy atom. The van der Waals surface area contributed by atoms with Gasteiger partial charge in [0.05, 0.1) is 11.9 Å². The van der Waals surface area contributed by atoms with E-state index in [9.17, 15) is 14.0 Å². The van der Waals surface area contributed by atoms with Gasteiger partial charge in [0.25, 0.3) is 11.8 Å².